The number of urea groups is 1. The van der Waals surface area contributed by atoms with Crippen molar-refractivity contribution in [3.8, 4) is 11.3 Å². The lowest BCUT2D eigenvalue weighted by atomic mass is 10.2. The van der Waals surface area contributed by atoms with E-state index in [2.05, 4.69) is 4.98 Å². The first kappa shape index (κ1) is 17.2. The van der Waals surface area contributed by atoms with E-state index in [0.717, 1.165) is 15.4 Å². The molecule has 25 heavy (non-hydrogen) atoms. The maximum Gasteiger partial charge on any atom is 0.334 e. The molecule has 0 saturated carbocycles. The molecule has 0 atom stereocenters. The molecule has 1 aliphatic rings. The molecule has 0 N–H and O–H groups in total. The summed E-state index contributed by atoms with van der Waals surface area (Å²) < 4.78 is 5.59. The Morgan fingerprint density at radius 2 is 1.88 bits per heavy atom. The summed E-state index contributed by atoms with van der Waals surface area (Å²) in [5, 5.41) is 0.551. The zero-order chi connectivity index (χ0) is 18.1. The quantitative estimate of drug-likeness (QED) is 0.604. The fourth-order valence-electron chi connectivity index (χ4n) is 2.51. The molecule has 0 radical (unpaired) electrons. The molecule has 0 spiro atoms. The molecule has 3 rings (SSSR count). The number of rotatable bonds is 5. The van der Waals surface area contributed by atoms with Crippen molar-refractivity contribution in [2.45, 2.75) is 20.4 Å². The molecule has 1 fully saturated rings. The smallest absolute Gasteiger partial charge is 0.334 e. The predicted molar refractivity (Wildman–Crippen MR) is 89.4 cm³/mol. The van der Waals surface area contributed by atoms with Crippen molar-refractivity contribution in [1.82, 2.24) is 14.8 Å². The van der Waals surface area contributed by atoms with Crippen molar-refractivity contribution in [2.24, 2.45) is 5.92 Å². The molecule has 4 amide bonds. The van der Waals surface area contributed by atoms with E-state index in [4.69, 9.17) is 16.0 Å². The van der Waals surface area contributed by atoms with Crippen molar-refractivity contribution >= 4 is 29.4 Å². The molecule has 2 aromatic rings. The molecule has 1 aliphatic heterocycles. The average molecular weight is 362 g/mol. The monoisotopic (exact) mass is 361 g/mol. The van der Waals surface area contributed by atoms with Crippen LogP contribution in [0.15, 0.2) is 34.9 Å². The number of amides is 4. The van der Waals surface area contributed by atoms with Gasteiger partial charge in [-0.05, 0) is 18.1 Å². The Kier molecular flexibility index (Phi) is 4.59. The number of oxazole rings is 1. The molecule has 2 heterocycles. The standard InChI is InChI=1S/C17H16ClN3O4/c1-10(2)8-20-15(22)16(23)21(17(20)24)9-14-19-7-13(25-14)11-4-3-5-12(18)6-11/h3-7,10H,8-9H2,1-2H3. The SMILES string of the molecule is CC(C)CN1C(=O)C(=O)N(Cc2ncc(-c3cccc(Cl)c3)o2)C1=O. The molecule has 1 saturated heterocycles. The lowest BCUT2D eigenvalue weighted by Gasteiger charge is -2.16. The second kappa shape index (κ2) is 6.68. The van der Waals surface area contributed by atoms with Gasteiger partial charge in [-0.2, -0.15) is 0 Å². The maximum absolute atomic E-state index is 12.3. The van der Waals surface area contributed by atoms with E-state index < -0.39 is 17.8 Å². The van der Waals surface area contributed by atoms with Crippen LogP contribution in [-0.4, -0.2) is 39.2 Å². The Balaban J connectivity index is 1.78. The topological polar surface area (TPSA) is 83.7 Å². The van der Waals surface area contributed by atoms with Gasteiger partial charge < -0.3 is 4.42 Å². The predicted octanol–water partition coefficient (Wildman–Crippen LogP) is 2.94. The van der Waals surface area contributed by atoms with Gasteiger partial charge in [-0.3, -0.25) is 14.5 Å². The van der Waals surface area contributed by atoms with Crippen LogP contribution >= 0.6 is 11.6 Å². The minimum Gasteiger partial charge on any atom is -0.439 e. The number of halogens is 1. The number of hydrogen-bond acceptors (Lipinski definition) is 5. The highest BCUT2D eigenvalue weighted by atomic mass is 35.5. The van der Waals surface area contributed by atoms with Crippen LogP contribution < -0.4 is 0 Å². The van der Waals surface area contributed by atoms with Crippen LogP contribution in [-0.2, 0) is 16.1 Å². The molecule has 0 aliphatic carbocycles. The Labute approximate surface area is 149 Å². The zero-order valence-electron chi connectivity index (χ0n) is 13.7. The van der Waals surface area contributed by atoms with Gasteiger partial charge in [-0.25, -0.2) is 14.7 Å². The summed E-state index contributed by atoms with van der Waals surface area (Å²) in [4.78, 5) is 42.2. The molecule has 1 aromatic heterocycles. The summed E-state index contributed by atoms with van der Waals surface area (Å²) >= 11 is 5.95. The fraction of sp³-hybridized carbons (Fsp3) is 0.294. The van der Waals surface area contributed by atoms with Crippen LogP contribution in [0.25, 0.3) is 11.3 Å². The van der Waals surface area contributed by atoms with E-state index in [-0.39, 0.29) is 24.9 Å². The maximum atomic E-state index is 12.3. The van der Waals surface area contributed by atoms with Gasteiger partial charge in [-0.1, -0.05) is 37.6 Å². The van der Waals surface area contributed by atoms with Crippen molar-refractivity contribution in [1.29, 1.82) is 0 Å². The minimum absolute atomic E-state index is 0.0665. The largest absolute Gasteiger partial charge is 0.439 e. The normalized spacial score (nSPS) is 15.0. The Bertz CT molecular complexity index is 846. The molecule has 130 valence electrons. The molecular formula is C17H16ClN3O4. The van der Waals surface area contributed by atoms with E-state index in [1.54, 1.807) is 24.3 Å². The highest BCUT2D eigenvalue weighted by Gasteiger charge is 2.45. The molecule has 7 nitrogen and oxygen atoms in total. The summed E-state index contributed by atoms with van der Waals surface area (Å²) in [5.74, 6) is -0.997. The Morgan fingerprint density at radius 1 is 1.16 bits per heavy atom. The van der Waals surface area contributed by atoms with E-state index in [0.29, 0.717) is 10.8 Å². The highest BCUT2D eigenvalue weighted by molar-refractivity contribution is 6.44. The lowest BCUT2D eigenvalue weighted by molar-refractivity contribution is -0.143. The van der Waals surface area contributed by atoms with Gasteiger partial charge in [0.05, 0.1) is 6.20 Å². The second-order valence-electron chi connectivity index (χ2n) is 6.11. The third-order valence-electron chi connectivity index (χ3n) is 3.64. The number of benzene rings is 1. The summed E-state index contributed by atoms with van der Waals surface area (Å²) in [7, 11) is 0. The number of hydrogen-bond donors (Lipinski definition) is 0. The van der Waals surface area contributed by atoms with Crippen LogP contribution in [0, 0.1) is 5.92 Å². The summed E-state index contributed by atoms with van der Waals surface area (Å²) in [5.41, 5.74) is 0.725. The Hall–Kier alpha value is -2.67. The molecule has 0 bridgehead atoms. The molecule has 1 aromatic carbocycles. The van der Waals surface area contributed by atoms with Gasteiger partial charge in [0.2, 0.25) is 5.89 Å². The molecule has 0 unspecified atom stereocenters. The van der Waals surface area contributed by atoms with Crippen molar-refractivity contribution in [3.05, 3.63) is 41.4 Å². The van der Waals surface area contributed by atoms with Crippen molar-refractivity contribution in [2.75, 3.05) is 6.54 Å². The minimum atomic E-state index is -0.867. The van der Waals surface area contributed by atoms with E-state index >= 15 is 0 Å². The van der Waals surface area contributed by atoms with Gasteiger partial charge in [0.1, 0.15) is 6.54 Å². The lowest BCUT2D eigenvalue weighted by Crippen LogP contribution is -2.35. The first-order valence-corrected chi connectivity index (χ1v) is 8.12. The van der Waals surface area contributed by atoms with Crippen LogP contribution in [0.1, 0.15) is 19.7 Å². The van der Waals surface area contributed by atoms with Gasteiger partial charge >= 0.3 is 17.8 Å². The first-order chi connectivity index (χ1) is 11.9. The van der Waals surface area contributed by atoms with Crippen LogP contribution in [0.2, 0.25) is 5.02 Å². The number of nitrogens with zero attached hydrogens (tertiary/aromatic N) is 3. The van der Waals surface area contributed by atoms with Crippen LogP contribution in [0.3, 0.4) is 0 Å². The van der Waals surface area contributed by atoms with Gasteiger partial charge in [-0.15, -0.1) is 0 Å². The van der Waals surface area contributed by atoms with E-state index in [9.17, 15) is 14.4 Å². The fourth-order valence-corrected chi connectivity index (χ4v) is 2.70. The number of aromatic nitrogens is 1. The molecular weight excluding hydrogens is 346 g/mol. The average Bonchev–Trinajstić information content (AvgIpc) is 3.10. The van der Waals surface area contributed by atoms with E-state index in [1.165, 1.54) is 6.20 Å². The van der Waals surface area contributed by atoms with E-state index in [1.807, 2.05) is 13.8 Å². The Morgan fingerprint density at radius 3 is 2.56 bits per heavy atom. The first-order valence-electron chi connectivity index (χ1n) is 7.74. The summed E-state index contributed by atoms with van der Waals surface area (Å²) in [6.07, 6.45) is 1.49. The van der Waals surface area contributed by atoms with Gasteiger partial charge in [0.15, 0.2) is 5.76 Å². The van der Waals surface area contributed by atoms with Gasteiger partial charge in [0, 0.05) is 17.1 Å². The number of imide groups is 2. The van der Waals surface area contributed by atoms with Crippen molar-refractivity contribution in [3.63, 3.8) is 0 Å². The van der Waals surface area contributed by atoms with Crippen molar-refractivity contribution < 1.29 is 18.8 Å². The number of carbonyl (C=O) groups excluding carboxylic acids is 3. The number of carbonyl (C=O) groups is 3. The van der Waals surface area contributed by atoms with Crippen LogP contribution in [0.4, 0.5) is 4.79 Å². The second-order valence-corrected chi connectivity index (χ2v) is 6.55. The highest BCUT2D eigenvalue weighted by Crippen LogP contribution is 2.25. The third kappa shape index (κ3) is 3.41. The summed E-state index contributed by atoms with van der Waals surface area (Å²) in [6, 6.07) is 6.38. The third-order valence-corrected chi connectivity index (χ3v) is 3.87. The zero-order valence-corrected chi connectivity index (χ0v) is 14.5. The molecule has 8 heteroatoms. The van der Waals surface area contributed by atoms with Crippen LogP contribution in [0.5, 0.6) is 0 Å². The van der Waals surface area contributed by atoms with Gasteiger partial charge in [0.25, 0.3) is 0 Å². The summed E-state index contributed by atoms with van der Waals surface area (Å²) in [6.45, 7) is 3.72.